The van der Waals surface area contributed by atoms with Crippen molar-refractivity contribution >= 4 is 5.65 Å². The Kier molecular flexibility index (Phi) is 4.17. The molecular formula is C19H13F3N6O3. The van der Waals surface area contributed by atoms with Crippen molar-refractivity contribution in [3.63, 3.8) is 0 Å². The molecule has 9 nitrogen and oxygen atoms in total. The van der Waals surface area contributed by atoms with Crippen molar-refractivity contribution < 1.29 is 17.9 Å². The van der Waals surface area contributed by atoms with Gasteiger partial charge in [0.05, 0.1) is 17.5 Å². The van der Waals surface area contributed by atoms with Gasteiger partial charge in [-0.2, -0.15) is 5.10 Å². The van der Waals surface area contributed by atoms with Gasteiger partial charge in [-0.1, -0.05) is 0 Å². The Bertz CT molecular complexity index is 1390. The maximum absolute atomic E-state index is 12.3. The molecule has 158 valence electrons. The summed E-state index contributed by atoms with van der Waals surface area (Å²) in [5.74, 6) is -0.410. The van der Waals surface area contributed by atoms with Crippen LogP contribution in [0.5, 0.6) is 5.75 Å². The van der Waals surface area contributed by atoms with E-state index >= 15 is 0 Å². The van der Waals surface area contributed by atoms with E-state index < -0.39 is 17.6 Å². The van der Waals surface area contributed by atoms with Crippen LogP contribution in [0.2, 0.25) is 0 Å². The fourth-order valence-electron chi connectivity index (χ4n) is 3.62. The third-order valence-electron chi connectivity index (χ3n) is 5.05. The average molecular weight is 430 g/mol. The van der Waals surface area contributed by atoms with Gasteiger partial charge in [-0.3, -0.25) is 14.8 Å². The molecule has 0 saturated heterocycles. The Balaban J connectivity index is 1.48. The number of ether oxygens (including phenoxy) is 1. The monoisotopic (exact) mass is 430 g/mol. The summed E-state index contributed by atoms with van der Waals surface area (Å²) in [4.78, 5) is 36.5. The first-order valence-electron chi connectivity index (χ1n) is 9.17. The average Bonchev–Trinajstić information content (AvgIpc) is 3.35. The molecule has 4 heterocycles. The molecule has 0 spiro atoms. The first kappa shape index (κ1) is 19.0. The van der Waals surface area contributed by atoms with E-state index in [0.717, 1.165) is 11.8 Å². The molecule has 0 bridgehead atoms. The zero-order valence-corrected chi connectivity index (χ0v) is 15.6. The van der Waals surface area contributed by atoms with E-state index in [2.05, 4.69) is 29.8 Å². The van der Waals surface area contributed by atoms with Gasteiger partial charge in [-0.05, 0) is 30.5 Å². The number of pyridine rings is 1. The number of rotatable bonds is 4. The predicted molar refractivity (Wildman–Crippen MR) is 101 cm³/mol. The molecule has 0 amide bonds. The molecular weight excluding hydrogens is 417 g/mol. The van der Waals surface area contributed by atoms with Crippen LogP contribution in [0.3, 0.4) is 0 Å². The van der Waals surface area contributed by atoms with Gasteiger partial charge in [0.25, 0.3) is 5.56 Å². The molecule has 5 rings (SSSR count). The van der Waals surface area contributed by atoms with Crippen LogP contribution < -0.4 is 16.0 Å². The molecule has 12 heteroatoms. The lowest BCUT2D eigenvalue weighted by molar-refractivity contribution is -0.274. The molecule has 2 atom stereocenters. The van der Waals surface area contributed by atoms with Crippen molar-refractivity contribution in [3.8, 4) is 17.0 Å². The molecule has 31 heavy (non-hydrogen) atoms. The highest BCUT2D eigenvalue weighted by molar-refractivity contribution is 5.63. The Labute approximate surface area is 170 Å². The number of H-pyrrole nitrogens is 2. The number of hydrogen-bond acceptors (Lipinski definition) is 6. The SMILES string of the molecule is O=c1[nH]cc(-c2cc([C@H]3CC3c3ccc(OC(F)(F)F)cn3)c3nccn3n2)c(=O)[nH]1. The minimum absolute atomic E-state index is 0.00428. The van der Waals surface area contributed by atoms with Crippen molar-refractivity contribution in [1.82, 2.24) is 29.5 Å². The Morgan fingerprint density at radius 3 is 2.71 bits per heavy atom. The number of halogens is 3. The van der Waals surface area contributed by atoms with Crippen LogP contribution in [-0.2, 0) is 0 Å². The number of nitrogens with zero attached hydrogens (tertiary/aromatic N) is 4. The summed E-state index contributed by atoms with van der Waals surface area (Å²) in [6, 6.07) is 4.47. The third-order valence-corrected chi connectivity index (χ3v) is 5.05. The quantitative estimate of drug-likeness (QED) is 0.513. The van der Waals surface area contributed by atoms with Gasteiger partial charge < -0.3 is 9.72 Å². The van der Waals surface area contributed by atoms with Crippen LogP contribution in [0.15, 0.2) is 52.6 Å². The Morgan fingerprint density at radius 2 is 2.00 bits per heavy atom. The number of alkyl halides is 3. The van der Waals surface area contributed by atoms with E-state index in [9.17, 15) is 22.8 Å². The van der Waals surface area contributed by atoms with Crippen LogP contribution >= 0.6 is 0 Å². The lowest BCUT2D eigenvalue weighted by Crippen LogP contribution is -2.23. The molecule has 1 unspecified atom stereocenters. The number of aromatic nitrogens is 6. The molecule has 0 aliphatic heterocycles. The van der Waals surface area contributed by atoms with E-state index in [4.69, 9.17) is 0 Å². The standard InChI is InChI=1S/C19H13F3N6O3/c20-19(21,22)31-9-1-2-14(24-7-9)11-5-10(11)12-6-15(27-28-4-3-23-16(12)28)13-8-25-18(30)26-17(13)29/h1-4,6-8,10-11H,5H2,(H2,25,26,29,30)/t10-,11?/m0/s1. The Morgan fingerprint density at radius 1 is 1.16 bits per heavy atom. The van der Waals surface area contributed by atoms with Gasteiger partial charge in [-0.25, -0.2) is 14.3 Å². The van der Waals surface area contributed by atoms with Gasteiger partial charge in [0.15, 0.2) is 5.65 Å². The van der Waals surface area contributed by atoms with Gasteiger partial charge in [0, 0.05) is 35.8 Å². The van der Waals surface area contributed by atoms with Crippen molar-refractivity contribution in [2.24, 2.45) is 0 Å². The summed E-state index contributed by atoms with van der Waals surface area (Å²) in [5.41, 5.74) is 1.41. The van der Waals surface area contributed by atoms with E-state index in [1.807, 2.05) is 0 Å². The van der Waals surface area contributed by atoms with Crippen molar-refractivity contribution in [2.75, 3.05) is 0 Å². The molecule has 1 saturated carbocycles. The summed E-state index contributed by atoms with van der Waals surface area (Å²) in [7, 11) is 0. The first-order chi connectivity index (χ1) is 14.8. The van der Waals surface area contributed by atoms with Crippen molar-refractivity contribution in [2.45, 2.75) is 24.6 Å². The number of fused-ring (bicyclic) bond motifs is 1. The molecule has 0 aromatic carbocycles. The van der Waals surface area contributed by atoms with Gasteiger partial charge in [-0.15, -0.1) is 13.2 Å². The number of hydrogen-bond donors (Lipinski definition) is 2. The smallest absolute Gasteiger partial charge is 0.404 e. The molecule has 1 aliphatic rings. The second-order valence-electron chi connectivity index (χ2n) is 7.08. The summed E-state index contributed by atoms with van der Waals surface area (Å²) in [6.45, 7) is 0. The number of nitrogens with one attached hydrogen (secondary N) is 2. The first-order valence-corrected chi connectivity index (χ1v) is 9.17. The molecule has 1 fully saturated rings. The highest BCUT2D eigenvalue weighted by Crippen LogP contribution is 2.55. The molecule has 0 radical (unpaired) electrons. The normalized spacial score (nSPS) is 18.3. The van der Waals surface area contributed by atoms with Crippen LogP contribution in [0.1, 0.15) is 29.5 Å². The molecule has 2 N–H and O–H groups in total. The highest BCUT2D eigenvalue weighted by Gasteiger charge is 2.42. The number of aromatic amines is 2. The summed E-state index contributed by atoms with van der Waals surface area (Å²) in [6.07, 6.45) is 1.49. The van der Waals surface area contributed by atoms with Crippen molar-refractivity contribution in [1.29, 1.82) is 0 Å². The zero-order chi connectivity index (χ0) is 21.8. The lowest BCUT2D eigenvalue weighted by Gasteiger charge is -2.09. The summed E-state index contributed by atoms with van der Waals surface area (Å²) in [5, 5.41) is 4.38. The second-order valence-corrected chi connectivity index (χ2v) is 7.08. The van der Waals surface area contributed by atoms with Crippen molar-refractivity contribution in [3.05, 3.63) is 75.1 Å². The van der Waals surface area contributed by atoms with Gasteiger partial charge in [0.2, 0.25) is 0 Å². The summed E-state index contributed by atoms with van der Waals surface area (Å²) >= 11 is 0. The molecule has 1 aliphatic carbocycles. The van der Waals surface area contributed by atoms with Crippen LogP contribution in [0, 0.1) is 0 Å². The predicted octanol–water partition coefficient (Wildman–Crippen LogP) is 2.34. The lowest BCUT2D eigenvalue weighted by atomic mass is 10.1. The molecule has 4 aromatic heterocycles. The minimum atomic E-state index is -4.77. The maximum Gasteiger partial charge on any atom is 0.573 e. The van der Waals surface area contributed by atoms with Gasteiger partial charge in [0.1, 0.15) is 5.75 Å². The highest BCUT2D eigenvalue weighted by atomic mass is 19.4. The van der Waals surface area contributed by atoms with E-state index in [1.54, 1.807) is 18.5 Å². The number of imidazole rings is 1. The zero-order valence-electron chi connectivity index (χ0n) is 15.6. The molecule has 4 aromatic rings. The van der Waals surface area contributed by atoms with E-state index in [-0.39, 0.29) is 23.1 Å². The van der Waals surface area contributed by atoms with Gasteiger partial charge >= 0.3 is 12.1 Å². The largest absolute Gasteiger partial charge is 0.573 e. The van der Waals surface area contributed by atoms with Crippen LogP contribution in [0.25, 0.3) is 16.9 Å². The third kappa shape index (κ3) is 3.67. The van der Waals surface area contributed by atoms with Crippen LogP contribution in [-0.4, -0.2) is 35.9 Å². The second kappa shape index (κ2) is 6.79. The summed E-state index contributed by atoms with van der Waals surface area (Å²) < 4.78 is 42.4. The Hall–Kier alpha value is -3.96. The fourth-order valence-corrected chi connectivity index (χ4v) is 3.62. The topological polar surface area (TPSA) is 118 Å². The van der Waals surface area contributed by atoms with Crippen LogP contribution in [0.4, 0.5) is 13.2 Å². The maximum atomic E-state index is 12.3. The van der Waals surface area contributed by atoms with E-state index in [1.165, 1.54) is 22.8 Å². The van der Waals surface area contributed by atoms with E-state index in [0.29, 0.717) is 23.5 Å². The minimum Gasteiger partial charge on any atom is -0.404 e. The fraction of sp³-hybridized carbons (Fsp3) is 0.211.